The number of carbonyl (C=O) groups is 1. The number of benzene rings is 1. The van der Waals surface area contributed by atoms with Gasteiger partial charge in [-0.15, -0.1) is 0 Å². The van der Waals surface area contributed by atoms with E-state index in [2.05, 4.69) is 10.6 Å². The molecule has 0 aromatic heterocycles. The van der Waals surface area contributed by atoms with Crippen LogP contribution in [0.25, 0.3) is 0 Å². The van der Waals surface area contributed by atoms with Crippen molar-refractivity contribution in [2.75, 3.05) is 6.54 Å². The standard InChI is InChI=1S/C22H33ClN2O2/c1-22(2,3)27-21(26)25-20(17-5-4-6-18(23)13-17)16-9-11-19(12-10-16)24-14-15-7-8-15/h4-6,13,15-16,19-20,24H,7-12,14H2,1-3H3,(H,25,26). The molecular formula is C22H33ClN2O2. The van der Waals surface area contributed by atoms with Gasteiger partial charge in [0.15, 0.2) is 0 Å². The molecule has 0 aliphatic heterocycles. The molecule has 150 valence electrons. The van der Waals surface area contributed by atoms with Gasteiger partial charge < -0.3 is 15.4 Å². The normalized spacial score (nSPS) is 24.3. The van der Waals surface area contributed by atoms with Gasteiger partial charge in [0.25, 0.3) is 0 Å². The third kappa shape index (κ3) is 6.69. The van der Waals surface area contributed by atoms with Gasteiger partial charge in [-0.2, -0.15) is 0 Å². The zero-order valence-corrected chi connectivity index (χ0v) is 17.5. The Hall–Kier alpha value is -1.26. The second-order valence-corrected chi connectivity index (χ2v) is 9.58. The minimum atomic E-state index is -0.507. The number of carbonyl (C=O) groups excluding carboxylic acids is 1. The molecule has 4 nitrogen and oxygen atoms in total. The van der Waals surface area contributed by atoms with Crippen LogP contribution < -0.4 is 10.6 Å². The van der Waals surface area contributed by atoms with Crippen molar-refractivity contribution in [3.05, 3.63) is 34.9 Å². The summed E-state index contributed by atoms with van der Waals surface area (Å²) in [5.41, 5.74) is 0.552. The molecular weight excluding hydrogens is 360 g/mol. The van der Waals surface area contributed by atoms with Crippen LogP contribution in [0.3, 0.4) is 0 Å². The number of rotatable bonds is 6. The van der Waals surface area contributed by atoms with E-state index in [1.165, 1.54) is 19.4 Å². The van der Waals surface area contributed by atoms with E-state index in [4.69, 9.17) is 16.3 Å². The van der Waals surface area contributed by atoms with Gasteiger partial charge in [-0.25, -0.2) is 4.79 Å². The second-order valence-electron chi connectivity index (χ2n) is 9.14. The maximum Gasteiger partial charge on any atom is 0.408 e. The number of hydrogen-bond acceptors (Lipinski definition) is 3. The van der Waals surface area contributed by atoms with Gasteiger partial charge >= 0.3 is 6.09 Å². The van der Waals surface area contributed by atoms with Crippen LogP contribution in [0.5, 0.6) is 0 Å². The number of hydrogen-bond donors (Lipinski definition) is 2. The van der Waals surface area contributed by atoms with E-state index in [-0.39, 0.29) is 12.1 Å². The Labute approximate surface area is 168 Å². The van der Waals surface area contributed by atoms with Gasteiger partial charge in [0.05, 0.1) is 6.04 Å². The van der Waals surface area contributed by atoms with Crippen LogP contribution in [0.15, 0.2) is 24.3 Å². The molecule has 3 rings (SSSR count). The molecule has 2 aliphatic rings. The first-order chi connectivity index (χ1) is 12.8. The Balaban J connectivity index is 1.63. The molecule has 2 fully saturated rings. The predicted octanol–water partition coefficient (Wildman–Crippen LogP) is 5.46. The minimum Gasteiger partial charge on any atom is -0.444 e. The number of ether oxygens (including phenoxy) is 1. The smallest absolute Gasteiger partial charge is 0.408 e. The fourth-order valence-corrected chi connectivity index (χ4v) is 4.12. The monoisotopic (exact) mass is 392 g/mol. The van der Waals surface area contributed by atoms with Crippen LogP contribution >= 0.6 is 11.6 Å². The lowest BCUT2D eigenvalue weighted by molar-refractivity contribution is 0.0473. The van der Waals surface area contributed by atoms with Gasteiger partial charge in [-0.3, -0.25) is 0 Å². The number of amides is 1. The fourth-order valence-electron chi connectivity index (χ4n) is 3.92. The molecule has 1 unspecified atom stereocenters. The van der Waals surface area contributed by atoms with Gasteiger partial charge in [0.1, 0.15) is 5.60 Å². The van der Waals surface area contributed by atoms with E-state index >= 15 is 0 Å². The summed E-state index contributed by atoms with van der Waals surface area (Å²) in [7, 11) is 0. The van der Waals surface area contributed by atoms with Crippen molar-refractivity contribution in [2.24, 2.45) is 11.8 Å². The molecule has 0 saturated heterocycles. The highest BCUT2D eigenvalue weighted by atomic mass is 35.5. The largest absolute Gasteiger partial charge is 0.444 e. The lowest BCUT2D eigenvalue weighted by Crippen LogP contribution is -2.41. The van der Waals surface area contributed by atoms with Crippen molar-refractivity contribution < 1.29 is 9.53 Å². The predicted molar refractivity (Wildman–Crippen MR) is 110 cm³/mol. The van der Waals surface area contributed by atoms with Crippen molar-refractivity contribution >= 4 is 17.7 Å². The van der Waals surface area contributed by atoms with Crippen LogP contribution in [0.2, 0.25) is 5.02 Å². The summed E-state index contributed by atoms with van der Waals surface area (Å²) < 4.78 is 5.51. The zero-order chi connectivity index (χ0) is 19.4. The van der Waals surface area contributed by atoms with Gasteiger partial charge in [-0.05, 0) is 95.4 Å². The summed E-state index contributed by atoms with van der Waals surface area (Å²) in [6.07, 6.45) is 6.92. The van der Waals surface area contributed by atoms with Crippen molar-refractivity contribution in [1.29, 1.82) is 0 Å². The summed E-state index contributed by atoms with van der Waals surface area (Å²) in [4.78, 5) is 12.4. The number of halogens is 1. The molecule has 0 spiro atoms. The molecule has 0 radical (unpaired) electrons. The molecule has 5 heteroatoms. The average molecular weight is 393 g/mol. The van der Waals surface area contributed by atoms with Crippen molar-refractivity contribution in [2.45, 2.75) is 77.0 Å². The van der Waals surface area contributed by atoms with E-state index in [9.17, 15) is 4.79 Å². The Bertz CT molecular complexity index is 631. The molecule has 2 aliphatic carbocycles. The van der Waals surface area contributed by atoms with Gasteiger partial charge in [0, 0.05) is 11.1 Å². The first kappa shape index (κ1) is 20.5. The lowest BCUT2D eigenvalue weighted by Gasteiger charge is -2.35. The first-order valence-electron chi connectivity index (χ1n) is 10.3. The van der Waals surface area contributed by atoms with E-state index in [1.54, 1.807) is 0 Å². The van der Waals surface area contributed by atoms with Gasteiger partial charge in [0.2, 0.25) is 0 Å². The minimum absolute atomic E-state index is 0.0667. The van der Waals surface area contributed by atoms with Crippen molar-refractivity contribution in [3.8, 4) is 0 Å². The van der Waals surface area contributed by atoms with Crippen LogP contribution in [-0.2, 0) is 4.74 Å². The van der Waals surface area contributed by atoms with Crippen LogP contribution in [0.1, 0.15) is 70.9 Å². The summed E-state index contributed by atoms with van der Waals surface area (Å²) in [5.74, 6) is 1.31. The number of nitrogens with one attached hydrogen (secondary N) is 2. The summed E-state index contributed by atoms with van der Waals surface area (Å²) in [6.45, 7) is 6.83. The molecule has 2 N–H and O–H groups in total. The molecule has 1 aromatic carbocycles. The van der Waals surface area contributed by atoms with E-state index in [0.717, 1.165) is 37.2 Å². The average Bonchev–Trinajstić information content (AvgIpc) is 3.41. The summed E-state index contributed by atoms with van der Waals surface area (Å²) in [5, 5.41) is 7.55. The molecule has 2 saturated carbocycles. The van der Waals surface area contributed by atoms with E-state index in [0.29, 0.717) is 17.0 Å². The molecule has 1 amide bonds. The molecule has 27 heavy (non-hydrogen) atoms. The summed E-state index contributed by atoms with van der Waals surface area (Å²) in [6, 6.07) is 8.37. The zero-order valence-electron chi connectivity index (χ0n) is 16.8. The number of alkyl carbamates (subject to hydrolysis) is 1. The Morgan fingerprint density at radius 1 is 1.19 bits per heavy atom. The Morgan fingerprint density at radius 3 is 2.48 bits per heavy atom. The SMILES string of the molecule is CC(C)(C)OC(=O)NC(c1cccc(Cl)c1)C1CCC(NCC2CC2)CC1. The molecule has 1 aromatic rings. The second kappa shape index (κ2) is 8.83. The van der Waals surface area contributed by atoms with Crippen LogP contribution in [0.4, 0.5) is 4.79 Å². The third-order valence-electron chi connectivity index (χ3n) is 5.52. The van der Waals surface area contributed by atoms with Crippen molar-refractivity contribution in [3.63, 3.8) is 0 Å². The highest BCUT2D eigenvalue weighted by molar-refractivity contribution is 6.30. The highest BCUT2D eigenvalue weighted by Crippen LogP contribution is 2.36. The topological polar surface area (TPSA) is 50.4 Å². The fraction of sp³-hybridized carbons (Fsp3) is 0.682. The Morgan fingerprint density at radius 2 is 1.89 bits per heavy atom. The molecule has 0 heterocycles. The van der Waals surface area contributed by atoms with Gasteiger partial charge in [-0.1, -0.05) is 23.7 Å². The highest BCUT2D eigenvalue weighted by Gasteiger charge is 2.32. The maximum absolute atomic E-state index is 12.4. The van der Waals surface area contributed by atoms with Crippen molar-refractivity contribution in [1.82, 2.24) is 10.6 Å². The summed E-state index contributed by atoms with van der Waals surface area (Å²) >= 11 is 6.22. The van der Waals surface area contributed by atoms with E-state index < -0.39 is 5.60 Å². The maximum atomic E-state index is 12.4. The quantitative estimate of drug-likeness (QED) is 0.675. The van der Waals surface area contributed by atoms with Crippen LogP contribution in [-0.4, -0.2) is 24.3 Å². The van der Waals surface area contributed by atoms with Crippen LogP contribution in [0, 0.1) is 11.8 Å². The first-order valence-corrected chi connectivity index (χ1v) is 10.7. The molecule has 0 bridgehead atoms. The molecule has 1 atom stereocenters. The lowest BCUT2D eigenvalue weighted by atomic mass is 9.79. The van der Waals surface area contributed by atoms with E-state index in [1.807, 2.05) is 45.0 Å². The third-order valence-corrected chi connectivity index (χ3v) is 5.75. The Kier molecular flexibility index (Phi) is 6.69.